The Morgan fingerprint density at radius 1 is 1.62 bits per heavy atom. The van der Waals surface area contributed by atoms with Gasteiger partial charge in [-0.15, -0.1) is 0 Å². The van der Waals surface area contributed by atoms with E-state index in [0.29, 0.717) is 5.17 Å². The van der Waals surface area contributed by atoms with Gasteiger partial charge in [-0.3, -0.25) is 0 Å². The lowest BCUT2D eigenvalue weighted by Crippen LogP contribution is -2.05. The third kappa shape index (κ3) is 3.93. The first-order chi connectivity index (χ1) is 3.81. The molecule has 0 fully saturated rings. The minimum absolute atomic E-state index is 0.631. The molecule has 0 heterocycles. The lowest BCUT2D eigenvalue weighted by atomic mass is 10.5. The van der Waals surface area contributed by atoms with Crippen molar-refractivity contribution >= 4 is 16.8 Å². The Labute approximate surface area is 54.9 Å². The van der Waals surface area contributed by atoms with Crippen molar-refractivity contribution in [1.82, 2.24) is 5.43 Å². The number of hydrogen-bond acceptors (Lipinski definition) is 2. The van der Waals surface area contributed by atoms with E-state index in [2.05, 4.69) is 10.5 Å². The van der Waals surface area contributed by atoms with Gasteiger partial charge in [-0.25, -0.2) is 0 Å². The molecule has 0 atom stereocenters. The first kappa shape index (κ1) is 7.76. The van der Waals surface area contributed by atoms with E-state index in [-0.39, 0.29) is 0 Å². The van der Waals surface area contributed by atoms with Gasteiger partial charge < -0.3 is 5.43 Å². The average molecular weight is 135 g/mol. The smallest absolute Gasteiger partial charge is 0.125 e. The number of halogens is 1. The number of hydrazone groups is 1. The second-order valence-electron chi connectivity index (χ2n) is 1.35. The average Bonchev–Trinajstić information content (AvgIpc) is 1.83. The number of hydrogen-bond donors (Lipinski definition) is 1. The van der Waals surface area contributed by atoms with Crippen molar-refractivity contribution in [1.29, 1.82) is 0 Å². The quantitative estimate of drug-likeness (QED) is 0.460. The molecule has 2 nitrogen and oxygen atoms in total. The molecule has 0 saturated carbocycles. The fourth-order valence-corrected chi connectivity index (χ4v) is 0.304. The van der Waals surface area contributed by atoms with Crippen molar-refractivity contribution in [3.8, 4) is 0 Å². The summed E-state index contributed by atoms with van der Waals surface area (Å²) in [5.41, 5.74) is 2.75. The van der Waals surface area contributed by atoms with E-state index in [1.54, 1.807) is 0 Å². The third-order valence-corrected chi connectivity index (χ3v) is 1.00. The predicted octanol–water partition coefficient (Wildman–Crippen LogP) is 1.56. The Hall–Kier alpha value is -0.240. The summed E-state index contributed by atoms with van der Waals surface area (Å²) in [5.74, 6) is 0. The van der Waals surface area contributed by atoms with Gasteiger partial charge in [-0.1, -0.05) is 18.5 Å². The summed E-state index contributed by atoms with van der Waals surface area (Å²) in [6, 6.07) is 0. The fraction of sp³-hybridized carbons (Fsp3) is 0.800. The molecule has 8 heavy (non-hydrogen) atoms. The zero-order valence-corrected chi connectivity index (χ0v) is 6.00. The second kappa shape index (κ2) is 4.91. The maximum atomic E-state index is 5.53. The molecule has 0 aliphatic heterocycles. The van der Waals surface area contributed by atoms with Crippen molar-refractivity contribution in [2.75, 3.05) is 6.54 Å². The van der Waals surface area contributed by atoms with Gasteiger partial charge in [0.15, 0.2) is 0 Å². The SMILES string of the molecule is CCN/N=C(/Cl)CC. The molecule has 0 radical (unpaired) electrons. The maximum Gasteiger partial charge on any atom is 0.125 e. The van der Waals surface area contributed by atoms with E-state index in [0.717, 1.165) is 13.0 Å². The maximum absolute atomic E-state index is 5.53. The van der Waals surface area contributed by atoms with Gasteiger partial charge in [0, 0.05) is 6.54 Å². The van der Waals surface area contributed by atoms with Gasteiger partial charge in [0.1, 0.15) is 5.17 Å². The number of nitrogens with zero attached hydrogens (tertiary/aromatic N) is 1. The van der Waals surface area contributed by atoms with Crippen LogP contribution in [0, 0.1) is 0 Å². The first-order valence-corrected chi connectivity index (χ1v) is 3.14. The molecule has 48 valence electrons. The largest absolute Gasteiger partial charge is 0.309 e. The topological polar surface area (TPSA) is 24.4 Å². The molecular formula is C5H11ClN2. The molecule has 0 amide bonds. The highest BCUT2D eigenvalue weighted by Crippen LogP contribution is 1.87. The Morgan fingerprint density at radius 3 is 2.62 bits per heavy atom. The Bertz CT molecular complexity index is 80.5. The van der Waals surface area contributed by atoms with Crippen LogP contribution in [0.15, 0.2) is 5.10 Å². The highest BCUT2D eigenvalue weighted by Gasteiger charge is 1.83. The van der Waals surface area contributed by atoms with Gasteiger partial charge in [-0.05, 0) is 13.3 Å². The molecule has 0 bridgehead atoms. The van der Waals surface area contributed by atoms with Crippen molar-refractivity contribution < 1.29 is 0 Å². The van der Waals surface area contributed by atoms with Gasteiger partial charge in [0.05, 0.1) is 0 Å². The molecule has 0 aromatic rings. The van der Waals surface area contributed by atoms with E-state index in [4.69, 9.17) is 11.6 Å². The number of nitrogens with one attached hydrogen (secondary N) is 1. The summed E-state index contributed by atoms with van der Waals surface area (Å²) in [6.07, 6.45) is 0.800. The van der Waals surface area contributed by atoms with Crippen molar-refractivity contribution in [3.63, 3.8) is 0 Å². The minimum Gasteiger partial charge on any atom is -0.309 e. The molecule has 0 spiro atoms. The molecular weight excluding hydrogens is 124 g/mol. The van der Waals surface area contributed by atoms with Crippen molar-refractivity contribution in [2.24, 2.45) is 5.10 Å². The van der Waals surface area contributed by atoms with E-state index >= 15 is 0 Å². The molecule has 0 aliphatic rings. The summed E-state index contributed by atoms with van der Waals surface area (Å²) in [7, 11) is 0. The van der Waals surface area contributed by atoms with Crippen LogP contribution in [0.4, 0.5) is 0 Å². The van der Waals surface area contributed by atoms with E-state index in [1.807, 2.05) is 13.8 Å². The Morgan fingerprint density at radius 2 is 2.25 bits per heavy atom. The van der Waals surface area contributed by atoms with Crippen LogP contribution in [-0.4, -0.2) is 11.7 Å². The second-order valence-corrected chi connectivity index (χ2v) is 1.79. The van der Waals surface area contributed by atoms with Crippen LogP contribution in [0.3, 0.4) is 0 Å². The van der Waals surface area contributed by atoms with Crippen LogP contribution in [-0.2, 0) is 0 Å². The van der Waals surface area contributed by atoms with Gasteiger partial charge >= 0.3 is 0 Å². The van der Waals surface area contributed by atoms with E-state index in [1.165, 1.54) is 0 Å². The molecule has 0 aliphatic carbocycles. The fourth-order valence-electron chi connectivity index (χ4n) is 0.244. The molecule has 0 aromatic carbocycles. The van der Waals surface area contributed by atoms with E-state index < -0.39 is 0 Å². The van der Waals surface area contributed by atoms with Crippen molar-refractivity contribution in [3.05, 3.63) is 0 Å². The standard InChI is InChI=1S/C5H11ClN2/c1-3-5(6)8-7-4-2/h7H,3-4H2,1-2H3/b8-5+. The van der Waals surface area contributed by atoms with Crippen LogP contribution in [0.5, 0.6) is 0 Å². The van der Waals surface area contributed by atoms with Crippen LogP contribution in [0.2, 0.25) is 0 Å². The molecule has 0 saturated heterocycles. The summed E-state index contributed by atoms with van der Waals surface area (Å²) < 4.78 is 0. The van der Waals surface area contributed by atoms with Gasteiger partial charge in [-0.2, -0.15) is 5.10 Å². The van der Waals surface area contributed by atoms with Crippen LogP contribution >= 0.6 is 11.6 Å². The molecule has 0 rings (SSSR count). The predicted molar refractivity (Wildman–Crippen MR) is 37.3 cm³/mol. The van der Waals surface area contributed by atoms with Gasteiger partial charge in [0.2, 0.25) is 0 Å². The summed E-state index contributed by atoms with van der Waals surface area (Å²) in [4.78, 5) is 0. The summed E-state index contributed by atoms with van der Waals surface area (Å²) in [5, 5.41) is 4.42. The zero-order valence-electron chi connectivity index (χ0n) is 5.24. The lowest BCUT2D eigenvalue weighted by molar-refractivity contribution is 0.782. The highest BCUT2D eigenvalue weighted by molar-refractivity contribution is 6.65. The molecule has 0 unspecified atom stereocenters. The molecule has 3 heteroatoms. The third-order valence-electron chi connectivity index (χ3n) is 0.650. The molecule has 0 aromatic heterocycles. The van der Waals surface area contributed by atoms with Crippen molar-refractivity contribution in [2.45, 2.75) is 20.3 Å². The van der Waals surface area contributed by atoms with Gasteiger partial charge in [0.25, 0.3) is 0 Å². The summed E-state index contributed by atoms with van der Waals surface area (Å²) in [6.45, 7) is 4.77. The summed E-state index contributed by atoms with van der Waals surface area (Å²) >= 11 is 5.53. The van der Waals surface area contributed by atoms with Crippen LogP contribution < -0.4 is 5.43 Å². The van der Waals surface area contributed by atoms with Crippen LogP contribution in [0.1, 0.15) is 20.3 Å². The molecule has 1 N–H and O–H groups in total. The van der Waals surface area contributed by atoms with Crippen LogP contribution in [0.25, 0.3) is 0 Å². The minimum atomic E-state index is 0.631. The normalized spacial score (nSPS) is 11.6. The monoisotopic (exact) mass is 134 g/mol. The highest BCUT2D eigenvalue weighted by atomic mass is 35.5. The number of rotatable bonds is 3. The van der Waals surface area contributed by atoms with E-state index in [9.17, 15) is 0 Å². The Balaban J connectivity index is 3.26. The first-order valence-electron chi connectivity index (χ1n) is 2.76. The zero-order chi connectivity index (χ0) is 6.41. The Kier molecular flexibility index (Phi) is 4.76. The lowest BCUT2D eigenvalue weighted by Gasteiger charge is -1.92.